The van der Waals surface area contributed by atoms with Crippen LogP contribution in [0, 0.1) is 68.5 Å². The predicted molar refractivity (Wildman–Crippen MR) is 66.8 cm³/mol. The lowest BCUT2D eigenvalue weighted by Crippen LogP contribution is -2.65. The molecule has 1 aromatic heterocycles. The molecule has 2 heterocycles. The van der Waals surface area contributed by atoms with Crippen LogP contribution in [0.5, 0.6) is 0 Å². The summed E-state index contributed by atoms with van der Waals surface area (Å²) in [5.41, 5.74) is 0.122. The Labute approximate surface area is 134 Å². The van der Waals surface area contributed by atoms with E-state index in [0.29, 0.717) is 10.2 Å². The van der Waals surface area contributed by atoms with Crippen LogP contribution < -0.4 is 0 Å². The van der Waals surface area contributed by atoms with Crippen LogP contribution >= 0.6 is 0 Å². The standard InChI is InChI=1S/C12H2N12/c13-1-7-8(2-14)19-20-10-9(7)11-12(10)22(4-16)24(6-18)23(5-17)21(11)3-15/h11-12H. The highest BCUT2D eigenvalue weighted by Gasteiger charge is 2.58. The normalized spacial score (nSPS) is 19.9. The van der Waals surface area contributed by atoms with Gasteiger partial charge in [-0.05, 0) is 0 Å². The van der Waals surface area contributed by atoms with Crippen molar-refractivity contribution >= 4 is 0 Å². The highest BCUT2D eigenvalue weighted by atomic mass is 16.0. The van der Waals surface area contributed by atoms with Crippen molar-refractivity contribution in [3.05, 3.63) is 22.5 Å². The molecule has 12 nitrogen and oxygen atoms in total. The number of rotatable bonds is 0. The molecule has 12 heteroatoms. The zero-order valence-electron chi connectivity index (χ0n) is 11.5. The Hall–Kier alpha value is -4.78. The van der Waals surface area contributed by atoms with Crippen LogP contribution in [0.4, 0.5) is 0 Å². The van der Waals surface area contributed by atoms with E-state index in [2.05, 4.69) is 10.2 Å². The molecule has 2 atom stereocenters. The fraction of sp³-hybridized carbons (Fsp3) is 0.167. The molecule has 3 rings (SSSR count). The second-order valence-electron chi connectivity index (χ2n) is 4.50. The van der Waals surface area contributed by atoms with E-state index >= 15 is 0 Å². The van der Waals surface area contributed by atoms with Crippen molar-refractivity contribution in [2.45, 2.75) is 12.1 Å². The van der Waals surface area contributed by atoms with Gasteiger partial charge in [-0.1, -0.05) is 10.2 Å². The molecule has 0 saturated carbocycles. The average molecular weight is 314 g/mol. The molecule has 110 valence electrons. The number of nitrogens with zero attached hydrogens (tertiary/aromatic N) is 12. The number of nitriles is 6. The van der Waals surface area contributed by atoms with Gasteiger partial charge in [0, 0.05) is 5.56 Å². The Morgan fingerprint density at radius 1 is 0.708 bits per heavy atom. The molecular weight excluding hydrogens is 312 g/mol. The van der Waals surface area contributed by atoms with E-state index in [1.807, 2.05) is 6.07 Å². The minimum atomic E-state index is -0.925. The van der Waals surface area contributed by atoms with Gasteiger partial charge < -0.3 is 0 Å². The van der Waals surface area contributed by atoms with Gasteiger partial charge in [-0.15, -0.1) is 5.10 Å². The van der Waals surface area contributed by atoms with Crippen LogP contribution in [0.1, 0.15) is 34.6 Å². The molecule has 2 unspecified atom stereocenters. The van der Waals surface area contributed by atoms with Gasteiger partial charge in [0.25, 0.3) is 0 Å². The van der Waals surface area contributed by atoms with Gasteiger partial charge in [-0.2, -0.15) is 46.7 Å². The first kappa shape index (κ1) is 14.2. The summed E-state index contributed by atoms with van der Waals surface area (Å²) < 4.78 is 0. The summed E-state index contributed by atoms with van der Waals surface area (Å²) in [6, 6.07) is 1.75. The molecule has 1 aliphatic heterocycles. The maximum atomic E-state index is 9.36. The fourth-order valence-corrected chi connectivity index (χ4v) is 2.70. The first-order valence-corrected chi connectivity index (χ1v) is 6.16. The third-order valence-corrected chi connectivity index (χ3v) is 3.63. The van der Waals surface area contributed by atoms with Crippen molar-refractivity contribution in [3.63, 3.8) is 0 Å². The Bertz CT molecular complexity index is 986. The lowest BCUT2D eigenvalue weighted by molar-refractivity contribution is -0.263. The van der Waals surface area contributed by atoms with Crippen LogP contribution in [0.15, 0.2) is 0 Å². The third kappa shape index (κ3) is 1.43. The summed E-state index contributed by atoms with van der Waals surface area (Å²) in [5.74, 6) is 0. The summed E-state index contributed by atoms with van der Waals surface area (Å²) in [6.45, 7) is 0. The molecule has 0 aromatic carbocycles. The fourth-order valence-electron chi connectivity index (χ4n) is 2.70. The van der Waals surface area contributed by atoms with E-state index < -0.39 is 12.1 Å². The van der Waals surface area contributed by atoms with Crippen LogP contribution in [0.2, 0.25) is 0 Å². The minimum Gasteiger partial charge on any atom is -0.192 e. The maximum Gasteiger partial charge on any atom is 0.225 e. The Morgan fingerprint density at radius 3 is 1.75 bits per heavy atom. The highest BCUT2D eigenvalue weighted by molar-refractivity contribution is 5.55. The number of hydrazine groups is 3. The molecule has 0 N–H and O–H groups in total. The number of fused-ring (bicyclic) bond motifs is 4. The molecular formula is C12H2N12. The SMILES string of the molecule is N#Cc1nnc2c(c1C#N)C1C2N(C#N)N(C#N)N(C#N)N1C#N. The van der Waals surface area contributed by atoms with Crippen LogP contribution in [-0.4, -0.2) is 30.5 Å². The van der Waals surface area contributed by atoms with Gasteiger partial charge in [-0.3, -0.25) is 0 Å². The van der Waals surface area contributed by atoms with Crippen molar-refractivity contribution in [3.8, 4) is 36.9 Å². The van der Waals surface area contributed by atoms with E-state index in [1.54, 1.807) is 30.8 Å². The first-order chi connectivity index (χ1) is 11.7. The molecule has 24 heavy (non-hydrogen) atoms. The second kappa shape index (κ2) is 4.90. The number of hydrogen-bond donors (Lipinski definition) is 0. The summed E-state index contributed by atoms with van der Waals surface area (Å²) in [6.07, 6.45) is 6.72. The summed E-state index contributed by atoms with van der Waals surface area (Å²) in [4.78, 5) is 0. The summed E-state index contributed by atoms with van der Waals surface area (Å²) in [5, 5.41) is 65.7. The lowest BCUT2D eigenvalue weighted by atomic mass is 9.78. The van der Waals surface area contributed by atoms with Crippen LogP contribution in [0.25, 0.3) is 0 Å². The van der Waals surface area contributed by atoms with Crippen LogP contribution in [0.3, 0.4) is 0 Å². The van der Waals surface area contributed by atoms with Gasteiger partial charge in [0.15, 0.2) is 5.69 Å². The molecule has 1 aromatic rings. The number of hydrogen-bond acceptors (Lipinski definition) is 12. The molecule has 1 fully saturated rings. The highest BCUT2D eigenvalue weighted by Crippen LogP contribution is 2.53. The van der Waals surface area contributed by atoms with Crippen LogP contribution in [-0.2, 0) is 0 Å². The largest absolute Gasteiger partial charge is 0.225 e. The zero-order valence-corrected chi connectivity index (χ0v) is 11.5. The quantitative estimate of drug-likeness (QED) is 0.544. The number of aromatic nitrogens is 2. The van der Waals surface area contributed by atoms with Gasteiger partial charge in [0.2, 0.25) is 24.8 Å². The second-order valence-corrected chi connectivity index (χ2v) is 4.50. The van der Waals surface area contributed by atoms with Gasteiger partial charge >= 0.3 is 0 Å². The van der Waals surface area contributed by atoms with E-state index in [1.165, 1.54) is 0 Å². The van der Waals surface area contributed by atoms with Crippen molar-refractivity contribution in [1.29, 1.82) is 31.6 Å². The first-order valence-electron chi connectivity index (χ1n) is 6.16. The molecule has 0 radical (unpaired) electrons. The van der Waals surface area contributed by atoms with E-state index in [9.17, 15) is 26.3 Å². The monoisotopic (exact) mass is 314 g/mol. The van der Waals surface area contributed by atoms with Crippen molar-refractivity contribution in [2.24, 2.45) is 0 Å². The zero-order chi connectivity index (χ0) is 17.4. The summed E-state index contributed by atoms with van der Waals surface area (Å²) >= 11 is 0. The Balaban J connectivity index is 2.27. The third-order valence-electron chi connectivity index (χ3n) is 3.63. The Kier molecular flexibility index (Phi) is 2.89. The van der Waals surface area contributed by atoms with Gasteiger partial charge in [0.1, 0.15) is 24.2 Å². The summed E-state index contributed by atoms with van der Waals surface area (Å²) in [7, 11) is 0. The Morgan fingerprint density at radius 2 is 1.29 bits per heavy atom. The molecule has 2 aliphatic rings. The topological polar surface area (TPSA) is 181 Å². The maximum absolute atomic E-state index is 9.36. The molecule has 1 saturated heterocycles. The molecule has 1 aliphatic carbocycles. The van der Waals surface area contributed by atoms with Crippen molar-refractivity contribution in [2.75, 3.05) is 0 Å². The smallest absolute Gasteiger partial charge is 0.192 e. The van der Waals surface area contributed by atoms with Gasteiger partial charge in [0.05, 0.1) is 11.3 Å². The van der Waals surface area contributed by atoms with Crippen molar-refractivity contribution in [1.82, 2.24) is 30.5 Å². The molecule has 0 spiro atoms. The van der Waals surface area contributed by atoms with E-state index in [0.717, 1.165) is 10.0 Å². The lowest BCUT2D eigenvalue weighted by Gasteiger charge is -2.53. The predicted octanol–water partition coefficient (Wildman–Crippen LogP) is -0.793. The molecule has 0 amide bonds. The van der Waals surface area contributed by atoms with E-state index in [4.69, 9.17) is 5.26 Å². The molecule has 0 bridgehead atoms. The minimum absolute atomic E-state index is 0.0785. The average Bonchev–Trinajstić information content (AvgIpc) is 2.62. The van der Waals surface area contributed by atoms with Gasteiger partial charge in [-0.25, -0.2) is 0 Å². The van der Waals surface area contributed by atoms with Crippen molar-refractivity contribution < 1.29 is 0 Å². The van der Waals surface area contributed by atoms with E-state index in [-0.39, 0.29) is 22.5 Å².